The first kappa shape index (κ1) is 36.9. The highest BCUT2D eigenvalue weighted by molar-refractivity contribution is 6.68. The van der Waals surface area contributed by atoms with Crippen molar-refractivity contribution in [3.8, 4) is 11.5 Å². The number of hydrogen-bond donors (Lipinski definition) is 0. The second-order valence-electron chi connectivity index (χ2n) is 9.08. The van der Waals surface area contributed by atoms with Gasteiger partial charge in [0, 0.05) is 19.5 Å². The number of aromatic nitrogens is 6. The van der Waals surface area contributed by atoms with Crippen LogP contribution in [0.25, 0.3) is 0 Å². The van der Waals surface area contributed by atoms with Crippen LogP contribution >= 0.6 is 139 Å². The lowest BCUT2D eigenvalue weighted by molar-refractivity contribution is 0.174. The molecule has 2 aromatic heterocycles. The third-order valence-electron chi connectivity index (χ3n) is 5.76. The summed E-state index contributed by atoms with van der Waals surface area (Å²) < 4.78 is 3.22. The van der Waals surface area contributed by atoms with Gasteiger partial charge in [0.05, 0.1) is 0 Å². The van der Waals surface area contributed by atoms with Crippen LogP contribution in [0.2, 0.25) is 0 Å². The van der Waals surface area contributed by atoms with Gasteiger partial charge in [-0.1, -0.05) is 145 Å². The number of benzene rings is 1. The largest absolute Gasteiger partial charge is 0.454 e. The van der Waals surface area contributed by atoms with E-state index < -0.39 is 15.2 Å². The summed E-state index contributed by atoms with van der Waals surface area (Å²) in [4.78, 5) is 26.4. The highest BCUT2D eigenvalue weighted by atomic mass is 35.6. The summed E-state index contributed by atoms with van der Waals surface area (Å²) in [5.41, 5.74) is 0.844. The maximum absolute atomic E-state index is 5.84. The molecule has 240 valence electrons. The standard InChI is InChI=1S/C13H7Cl6N3O2.C10H10Cl6N4/c14-12(15,16)10-20-9(21-11(22-10)13(17,18)19)4-6-1-2-7-8(3-6)24-5-23-7;11-9(12,13)6-17-7(10(14,15)16)19-8(18-6)20-4-2-1-3-5-20/h1-3H,4-5H2;1-5H2. The van der Waals surface area contributed by atoms with E-state index in [4.69, 9.17) is 149 Å². The van der Waals surface area contributed by atoms with Gasteiger partial charge in [-0.05, 0) is 37.0 Å². The lowest BCUT2D eigenvalue weighted by Gasteiger charge is -2.28. The van der Waals surface area contributed by atoms with E-state index in [1.807, 2.05) is 11.0 Å². The number of piperidine rings is 1. The first-order chi connectivity index (χ1) is 20.3. The first-order valence-electron chi connectivity index (χ1n) is 12.2. The molecule has 0 aliphatic carbocycles. The smallest absolute Gasteiger partial charge is 0.250 e. The number of alkyl halides is 12. The van der Waals surface area contributed by atoms with Crippen LogP contribution in [0.5, 0.6) is 11.5 Å². The number of anilines is 1. The van der Waals surface area contributed by atoms with Crippen molar-refractivity contribution in [2.24, 2.45) is 0 Å². The minimum atomic E-state index is -1.88. The SMILES string of the molecule is ClC(Cl)(Cl)c1nc(Cc2ccc3c(c2)OCO3)nc(C(Cl)(Cl)Cl)n1.ClC(Cl)(Cl)c1nc(N2CCCCC2)nc(C(Cl)(Cl)Cl)n1. The molecule has 0 unspecified atom stereocenters. The summed E-state index contributed by atoms with van der Waals surface area (Å²) in [6.45, 7) is 1.80. The van der Waals surface area contributed by atoms with Gasteiger partial charge < -0.3 is 14.4 Å². The summed E-state index contributed by atoms with van der Waals surface area (Å²) in [6.07, 6.45) is 3.53. The maximum atomic E-state index is 5.84. The Balaban J connectivity index is 0.000000204. The second kappa shape index (κ2) is 14.7. The van der Waals surface area contributed by atoms with Crippen LogP contribution in [-0.2, 0) is 21.6 Å². The summed E-state index contributed by atoms with van der Waals surface area (Å²) in [5, 5.41) is 0. The van der Waals surface area contributed by atoms with Gasteiger partial charge in [-0.15, -0.1) is 0 Å². The number of rotatable bonds is 3. The van der Waals surface area contributed by atoms with Crippen LogP contribution in [0.3, 0.4) is 0 Å². The predicted molar refractivity (Wildman–Crippen MR) is 178 cm³/mol. The summed E-state index contributed by atoms with van der Waals surface area (Å²) in [7, 11) is 0. The first-order valence-corrected chi connectivity index (χ1v) is 16.8. The van der Waals surface area contributed by atoms with E-state index in [0.717, 1.165) is 37.9 Å². The Kier molecular flexibility index (Phi) is 12.4. The molecule has 0 amide bonds. The van der Waals surface area contributed by atoms with Crippen molar-refractivity contribution in [3.05, 3.63) is 52.9 Å². The molecule has 21 heteroatoms. The van der Waals surface area contributed by atoms with Gasteiger partial charge in [-0.25, -0.2) is 19.9 Å². The normalized spacial score (nSPS) is 15.6. The van der Waals surface area contributed by atoms with Crippen LogP contribution in [0.1, 0.15) is 53.9 Å². The molecule has 2 aliphatic rings. The molecule has 9 nitrogen and oxygen atoms in total. The molecule has 0 saturated carbocycles. The average Bonchev–Trinajstić information content (AvgIpc) is 3.40. The molecule has 1 fully saturated rings. The van der Waals surface area contributed by atoms with Crippen molar-refractivity contribution in [3.63, 3.8) is 0 Å². The Bertz CT molecular complexity index is 1410. The zero-order chi connectivity index (χ0) is 32.5. The van der Waals surface area contributed by atoms with E-state index in [1.165, 1.54) is 0 Å². The van der Waals surface area contributed by atoms with E-state index in [2.05, 4.69) is 29.9 Å². The molecule has 0 bridgehead atoms. The van der Waals surface area contributed by atoms with E-state index in [9.17, 15) is 0 Å². The molecule has 2 aliphatic heterocycles. The third-order valence-corrected chi connectivity index (χ3v) is 7.79. The van der Waals surface area contributed by atoms with Gasteiger partial charge in [0.1, 0.15) is 5.82 Å². The molecule has 4 heterocycles. The molecule has 1 aromatic carbocycles. The zero-order valence-corrected chi connectivity index (χ0v) is 30.7. The van der Waals surface area contributed by atoms with Crippen molar-refractivity contribution < 1.29 is 9.47 Å². The van der Waals surface area contributed by atoms with Gasteiger partial charge in [0.25, 0.3) is 0 Å². The van der Waals surface area contributed by atoms with Crippen molar-refractivity contribution in [2.45, 2.75) is 40.9 Å². The van der Waals surface area contributed by atoms with Gasteiger partial charge >= 0.3 is 0 Å². The van der Waals surface area contributed by atoms with E-state index in [0.29, 0.717) is 23.9 Å². The Labute approximate surface area is 311 Å². The molecule has 0 atom stereocenters. The summed E-state index contributed by atoms with van der Waals surface area (Å²) in [5.74, 6) is 1.58. The maximum Gasteiger partial charge on any atom is 0.250 e. The van der Waals surface area contributed by atoms with Gasteiger partial charge in [0.2, 0.25) is 27.9 Å². The Hall–Kier alpha value is 0.120. The van der Waals surface area contributed by atoms with Crippen molar-refractivity contribution in [1.82, 2.24) is 29.9 Å². The summed E-state index contributed by atoms with van der Waals surface area (Å²) in [6, 6.07) is 5.42. The second-order valence-corrected chi connectivity index (χ2v) is 18.2. The lowest BCUT2D eigenvalue weighted by atomic mass is 10.1. The molecule has 0 spiro atoms. The van der Waals surface area contributed by atoms with Crippen LogP contribution in [0.15, 0.2) is 18.2 Å². The molecular formula is C23H17Cl12N7O2. The Morgan fingerprint density at radius 1 is 0.568 bits per heavy atom. The Morgan fingerprint density at radius 2 is 1.02 bits per heavy atom. The highest BCUT2D eigenvalue weighted by Crippen LogP contribution is 2.42. The fraction of sp³-hybridized carbons (Fsp3) is 0.478. The topological polar surface area (TPSA) is 99.0 Å². The minimum Gasteiger partial charge on any atom is -0.454 e. The number of ether oxygens (including phenoxy) is 2. The number of fused-ring (bicyclic) bond motifs is 1. The van der Waals surface area contributed by atoms with Crippen molar-refractivity contribution >= 4 is 145 Å². The van der Waals surface area contributed by atoms with Crippen LogP contribution < -0.4 is 14.4 Å². The van der Waals surface area contributed by atoms with Gasteiger partial charge in [-0.2, -0.15) is 9.97 Å². The van der Waals surface area contributed by atoms with Crippen LogP contribution in [-0.4, -0.2) is 49.8 Å². The lowest BCUT2D eigenvalue weighted by Crippen LogP contribution is -2.32. The zero-order valence-electron chi connectivity index (χ0n) is 21.7. The molecular weight excluding hydrogens is 832 g/mol. The Morgan fingerprint density at radius 3 is 1.50 bits per heavy atom. The number of nitrogens with zero attached hydrogens (tertiary/aromatic N) is 7. The van der Waals surface area contributed by atoms with Crippen molar-refractivity contribution in [2.75, 3.05) is 24.8 Å². The molecule has 3 aromatic rings. The van der Waals surface area contributed by atoms with E-state index in [-0.39, 0.29) is 35.9 Å². The summed E-state index contributed by atoms with van der Waals surface area (Å²) >= 11 is 70.0. The number of halogens is 12. The van der Waals surface area contributed by atoms with E-state index >= 15 is 0 Å². The molecule has 0 radical (unpaired) electrons. The minimum absolute atomic E-state index is 0.0561. The monoisotopic (exact) mass is 843 g/mol. The fourth-order valence-corrected chi connectivity index (χ4v) is 4.85. The van der Waals surface area contributed by atoms with Gasteiger partial charge in [0.15, 0.2) is 34.8 Å². The highest BCUT2D eigenvalue weighted by Gasteiger charge is 2.35. The fourth-order valence-electron chi connectivity index (χ4n) is 3.84. The van der Waals surface area contributed by atoms with Crippen LogP contribution in [0, 0.1) is 0 Å². The van der Waals surface area contributed by atoms with Crippen molar-refractivity contribution in [1.29, 1.82) is 0 Å². The van der Waals surface area contributed by atoms with E-state index in [1.54, 1.807) is 12.1 Å². The molecule has 44 heavy (non-hydrogen) atoms. The third kappa shape index (κ3) is 10.3. The van der Waals surface area contributed by atoms with Crippen LogP contribution in [0.4, 0.5) is 5.95 Å². The molecule has 1 saturated heterocycles. The average molecular weight is 849 g/mol. The number of hydrogen-bond acceptors (Lipinski definition) is 9. The predicted octanol–water partition coefficient (Wildman–Crippen LogP) is 9.36. The van der Waals surface area contributed by atoms with Gasteiger partial charge in [-0.3, -0.25) is 0 Å². The quantitative estimate of drug-likeness (QED) is 0.239. The molecule has 5 rings (SSSR count). The molecule has 0 N–H and O–H groups in total.